The number of aromatic nitrogens is 1. The van der Waals surface area contributed by atoms with Crippen molar-refractivity contribution in [3.8, 4) is 6.07 Å². The van der Waals surface area contributed by atoms with Crippen LogP contribution in [0.25, 0.3) is 17.0 Å². The highest BCUT2D eigenvalue weighted by Crippen LogP contribution is 2.26. The van der Waals surface area contributed by atoms with Crippen LogP contribution in [-0.2, 0) is 17.9 Å². The molecule has 1 amide bonds. The zero-order valence-corrected chi connectivity index (χ0v) is 19.4. The summed E-state index contributed by atoms with van der Waals surface area (Å²) in [6.45, 7) is 1.17. The van der Waals surface area contributed by atoms with Crippen LogP contribution in [0.1, 0.15) is 11.1 Å². The number of benzene rings is 3. The van der Waals surface area contributed by atoms with Gasteiger partial charge in [0.25, 0.3) is 5.91 Å². The van der Waals surface area contributed by atoms with Crippen LogP contribution in [0.4, 0.5) is 0 Å². The number of nitrogens with zero attached hydrogens (tertiary/aromatic N) is 2. The SMILES string of the molecule is N#C/C(=C/c1cn(CCSc2ccc(Cl)cc2)c2ccccc12)C(=O)NCc1ccccc1. The van der Waals surface area contributed by atoms with Gasteiger partial charge in [0.2, 0.25) is 0 Å². The number of amides is 1. The largest absolute Gasteiger partial charge is 0.347 e. The maximum absolute atomic E-state index is 12.6. The number of carbonyl (C=O) groups is 1. The van der Waals surface area contributed by atoms with Crippen LogP contribution in [-0.4, -0.2) is 16.2 Å². The van der Waals surface area contributed by atoms with Crippen LogP contribution in [0.5, 0.6) is 0 Å². The minimum atomic E-state index is -0.378. The molecule has 0 atom stereocenters. The molecule has 0 saturated heterocycles. The predicted octanol–water partition coefficient (Wildman–Crippen LogP) is 6.31. The second-order valence-corrected chi connectivity index (χ2v) is 9.04. The molecule has 0 aliphatic heterocycles. The number of aryl methyl sites for hydroxylation is 1. The molecule has 1 heterocycles. The second-order valence-electron chi connectivity index (χ2n) is 7.44. The third kappa shape index (κ3) is 5.87. The lowest BCUT2D eigenvalue weighted by Crippen LogP contribution is -2.23. The van der Waals surface area contributed by atoms with Crippen LogP contribution in [0.2, 0.25) is 5.02 Å². The number of para-hydroxylation sites is 1. The van der Waals surface area contributed by atoms with Crippen molar-refractivity contribution in [2.45, 2.75) is 18.0 Å². The lowest BCUT2D eigenvalue weighted by Gasteiger charge is -2.05. The van der Waals surface area contributed by atoms with E-state index in [0.29, 0.717) is 6.54 Å². The molecule has 3 aromatic carbocycles. The van der Waals surface area contributed by atoms with Crippen LogP contribution in [0.15, 0.2) is 95.5 Å². The molecule has 0 saturated carbocycles. The minimum Gasteiger partial charge on any atom is -0.347 e. The van der Waals surface area contributed by atoms with Gasteiger partial charge in [0.1, 0.15) is 11.6 Å². The third-order valence-corrected chi connectivity index (χ3v) is 6.44. The number of hydrogen-bond donors (Lipinski definition) is 1. The molecule has 1 aromatic heterocycles. The zero-order valence-electron chi connectivity index (χ0n) is 17.9. The van der Waals surface area contributed by atoms with Crippen molar-refractivity contribution < 1.29 is 4.79 Å². The molecule has 0 unspecified atom stereocenters. The molecular formula is C27H22ClN3OS. The molecule has 0 aliphatic carbocycles. The summed E-state index contributed by atoms with van der Waals surface area (Å²) in [4.78, 5) is 13.8. The van der Waals surface area contributed by atoms with Gasteiger partial charge >= 0.3 is 0 Å². The number of carbonyl (C=O) groups excluding carboxylic acids is 1. The summed E-state index contributed by atoms with van der Waals surface area (Å²) in [6, 6.07) is 27.5. The van der Waals surface area contributed by atoms with Crippen LogP contribution in [0.3, 0.4) is 0 Å². The van der Waals surface area contributed by atoms with Gasteiger partial charge in [-0.2, -0.15) is 5.26 Å². The summed E-state index contributed by atoms with van der Waals surface area (Å²) in [5.74, 6) is 0.503. The normalized spacial score (nSPS) is 11.3. The Morgan fingerprint density at radius 3 is 2.52 bits per heavy atom. The van der Waals surface area contributed by atoms with E-state index >= 15 is 0 Å². The van der Waals surface area contributed by atoms with Gasteiger partial charge in [-0.1, -0.05) is 60.1 Å². The highest BCUT2D eigenvalue weighted by atomic mass is 35.5. The highest BCUT2D eigenvalue weighted by molar-refractivity contribution is 7.99. The lowest BCUT2D eigenvalue weighted by atomic mass is 10.1. The first-order valence-electron chi connectivity index (χ1n) is 10.5. The number of rotatable bonds is 8. The van der Waals surface area contributed by atoms with Crippen molar-refractivity contribution in [2.24, 2.45) is 0 Å². The van der Waals surface area contributed by atoms with Gasteiger partial charge in [-0.3, -0.25) is 4.79 Å². The lowest BCUT2D eigenvalue weighted by molar-refractivity contribution is -0.117. The molecule has 4 nitrogen and oxygen atoms in total. The van der Waals surface area contributed by atoms with E-state index in [-0.39, 0.29) is 11.5 Å². The number of halogens is 1. The van der Waals surface area contributed by atoms with Crippen molar-refractivity contribution in [2.75, 3.05) is 5.75 Å². The number of nitrogens with one attached hydrogen (secondary N) is 1. The summed E-state index contributed by atoms with van der Waals surface area (Å²) in [5, 5.41) is 14.2. The molecule has 4 rings (SSSR count). The number of hydrogen-bond acceptors (Lipinski definition) is 3. The van der Waals surface area contributed by atoms with Crippen LogP contribution in [0, 0.1) is 11.3 Å². The predicted molar refractivity (Wildman–Crippen MR) is 136 cm³/mol. The van der Waals surface area contributed by atoms with E-state index in [9.17, 15) is 10.1 Å². The van der Waals surface area contributed by atoms with Crippen LogP contribution >= 0.6 is 23.4 Å². The molecule has 0 bridgehead atoms. The summed E-state index contributed by atoms with van der Waals surface area (Å²) in [6.07, 6.45) is 3.68. The van der Waals surface area contributed by atoms with Gasteiger partial charge in [-0.05, 0) is 42.0 Å². The Bertz CT molecular complexity index is 1320. The highest BCUT2D eigenvalue weighted by Gasteiger charge is 2.12. The monoisotopic (exact) mass is 471 g/mol. The van der Waals surface area contributed by atoms with Gasteiger partial charge in [0.15, 0.2) is 0 Å². The van der Waals surface area contributed by atoms with E-state index in [1.165, 1.54) is 0 Å². The van der Waals surface area contributed by atoms with Gasteiger partial charge in [-0.25, -0.2) is 0 Å². The summed E-state index contributed by atoms with van der Waals surface area (Å²) in [5.41, 5.74) is 3.00. The van der Waals surface area contributed by atoms with E-state index < -0.39 is 0 Å². The Morgan fingerprint density at radius 1 is 1.03 bits per heavy atom. The molecule has 6 heteroatoms. The van der Waals surface area contributed by atoms with E-state index in [1.54, 1.807) is 17.8 Å². The van der Waals surface area contributed by atoms with Crippen LogP contribution < -0.4 is 5.32 Å². The first kappa shape index (κ1) is 22.7. The summed E-state index contributed by atoms with van der Waals surface area (Å²) >= 11 is 7.72. The van der Waals surface area contributed by atoms with Crippen molar-refractivity contribution in [1.82, 2.24) is 9.88 Å². The average Bonchev–Trinajstić information content (AvgIpc) is 3.20. The quantitative estimate of drug-likeness (QED) is 0.186. The topological polar surface area (TPSA) is 57.8 Å². The van der Waals surface area contributed by atoms with Crippen molar-refractivity contribution in [3.05, 3.63) is 107 Å². The van der Waals surface area contributed by atoms with E-state index in [4.69, 9.17) is 11.6 Å². The third-order valence-electron chi connectivity index (χ3n) is 5.19. The Labute approximate surface area is 202 Å². The molecule has 0 fully saturated rings. The number of fused-ring (bicyclic) bond motifs is 1. The van der Waals surface area contributed by atoms with E-state index in [1.807, 2.05) is 79.0 Å². The fourth-order valence-electron chi connectivity index (χ4n) is 3.55. The van der Waals surface area contributed by atoms with Crippen molar-refractivity contribution in [1.29, 1.82) is 5.26 Å². The number of nitriles is 1. The molecule has 0 aliphatic rings. The van der Waals surface area contributed by atoms with Gasteiger partial charge < -0.3 is 9.88 Å². The Hall–Kier alpha value is -3.46. The summed E-state index contributed by atoms with van der Waals surface area (Å²) in [7, 11) is 0. The Kier molecular flexibility index (Phi) is 7.51. The molecule has 0 radical (unpaired) electrons. The smallest absolute Gasteiger partial charge is 0.262 e. The standard InChI is InChI=1S/C27H22ClN3OS/c28-23-10-12-24(13-11-23)33-15-14-31-19-22(25-8-4-5-9-26(25)31)16-21(17-29)27(32)30-18-20-6-2-1-3-7-20/h1-13,16,19H,14-15,18H2,(H,30,32)/b21-16-. The average molecular weight is 472 g/mol. The first-order chi connectivity index (χ1) is 16.1. The molecule has 164 valence electrons. The number of thioether (sulfide) groups is 1. The van der Waals surface area contributed by atoms with E-state index in [2.05, 4.69) is 22.0 Å². The van der Waals surface area contributed by atoms with Gasteiger partial charge in [-0.15, -0.1) is 11.8 Å². The maximum Gasteiger partial charge on any atom is 0.262 e. The maximum atomic E-state index is 12.6. The van der Waals surface area contributed by atoms with E-state index in [0.717, 1.165) is 44.2 Å². The van der Waals surface area contributed by atoms with Gasteiger partial charge in [0.05, 0.1) is 0 Å². The van der Waals surface area contributed by atoms with Crippen molar-refractivity contribution in [3.63, 3.8) is 0 Å². The van der Waals surface area contributed by atoms with Gasteiger partial charge in [0, 0.05) is 51.4 Å². The Balaban J connectivity index is 1.50. The summed E-state index contributed by atoms with van der Waals surface area (Å²) < 4.78 is 2.17. The molecule has 4 aromatic rings. The Morgan fingerprint density at radius 2 is 1.76 bits per heavy atom. The fraction of sp³-hybridized carbons (Fsp3) is 0.111. The molecule has 33 heavy (non-hydrogen) atoms. The first-order valence-corrected chi connectivity index (χ1v) is 11.9. The molecule has 1 N–H and O–H groups in total. The fourth-order valence-corrected chi connectivity index (χ4v) is 4.52. The minimum absolute atomic E-state index is 0.0874. The van der Waals surface area contributed by atoms with Crippen molar-refractivity contribution >= 4 is 46.2 Å². The second kappa shape index (κ2) is 10.9. The molecular weight excluding hydrogens is 450 g/mol. The molecule has 0 spiro atoms. The zero-order chi connectivity index (χ0) is 23.0.